The molecular weight excluding hydrogens is 442 g/mol. The Hall–Kier alpha value is -3.89. The Kier molecular flexibility index (Phi) is 6.15. The van der Waals surface area contributed by atoms with Gasteiger partial charge in [-0.15, -0.1) is 0 Å². The summed E-state index contributed by atoms with van der Waals surface area (Å²) in [5, 5.41) is 9.92. The molecule has 4 aromatic rings. The average molecular weight is 466 g/mol. The van der Waals surface area contributed by atoms with Gasteiger partial charge in [-0.1, -0.05) is 90.5 Å². The van der Waals surface area contributed by atoms with E-state index in [2.05, 4.69) is 36.5 Å². The quantitative estimate of drug-likeness (QED) is 0.336. The van der Waals surface area contributed by atoms with Gasteiger partial charge in [-0.2, -0.15) is 5.10 Å². The third-order valence-corrected chi connectivity index (χ3v) is 6.30. The van der Waals surface area contributed by atoms with Crippen molar-refractivity contribution in [1.82, 2.24) is 5.01 Å². The van der Waals surface area contributed by atoms with Crippen molar-refractivity contribution >= 4 is 29.0 Å². The van der Waals surface area contributed by atoms with Crippen LogP contribution in [0.3, 0.4) is 0 Å². The molecule has 4 aromatic carbocycles. The third-order valence-electron chi connectivity index (χ3n) is 6.05. The first kappa shape index (κ1) is 21.9. The van der Waals surface area contributed by atoms with E-state index in [-0.39, 0.29) is 11.9 Å². The monoisotopic (exact) mass is 465 g/mol. The van der Waals surface area contributed by atoms with E-state index >= 15 is 0 Å². The Bertz CT molecular complexity index is 1340. The van der Waals surface area contributed by atoms with Gasteiger partial charge in [0.1, 0.15) is 0 Å². The molecule has 34 heavy (non-hydrogen) atoms. The van der Waals surface area contributed by atoms with Crippen LogP contribution in [0.25, 0.3) is 11.1 Å². The van der Waals surface area contributed by atoms with Crippen LogP contribution in [0, 0.1) is 6.92 Å². The number of hydrogen-bond acceptors (Lipinski definition) is 2. The number of carbonyl (C=O) groups is 1. The Morgan fingerprint density at radius 1 is 0.882 bits per heavy atom. The third kappa shape index (κ3) is 4.59. The normalized spacial score (nSPS) is 15.2. The van der Waals surface area contributed by atoms with Crippen LogP contribution < -0.4 is 5.32 Å². The van der Waals surface area contributed by atoms with E-state index in [0.29, 0.717) is 11.6 Å². The van der Waals surface area contributed by atoms with Gasteiger partial charge in [0.05, 0.1) is 12.3 Å². The number of aryl methyl sites for hydroxylation is 1. The Morgan fingerprint density at radius 3 is 2.24 bits per heavy atom. The Morgan fingerprint density at radius 2 is 1.56 bits per heavy atom. The number of nitrogens with one attached hydrogen (secondary N) is 1. The minimum absolute atomic E-state index is 0.0182. The minimum Gasteiger partial charge on any atom is -0.306 e. The highest BCUT2D eigenvalue weighted by Gasteiger charge is 2.32. The van der Waals surface area contributed by atoms with Crippen LogP contribution in [-0.4, -0.2) is 23.3 Å². The molecule has 1 aliphatic rings. The van der Waals surface area contributed by atoms with Gasteiger partial charge < -0.3 is 5.32 Å². The number of nitrogens with zero attached hydrogens (tertiary/aromatic N) is 2. The fraction of sp³-hybridized carbons (Fsp3) is 0.103. The molecule has 0 aromatic heterocycles. The van der Waals surface area contributed by atoms with Crippen LogP contribution in [0.1, 0.15) is 22.6 Å². The lowest BCUT2D eigenvalue weighted by atomic mass is 9.91. The topological polar surface area (TPSA) is 44.7 Å². The molecule has 0 spiro atoms. The van der Waals surface area contributed by atoms with Gasteiger partial charge in [-0.3, -0.25) is 0 Å². The van der Waals surface area contributed by atoms with Crippen molar-refractivity contribution in [3.63, 3.8) is 0 Å². The maximum atomic E-state index is 13.2. The molecule has 168 valence electrons. The Balaban J connectivity index is 1.39. The number of halogens is 1. The van der Waals surface area contributed by atoms with E-state index in [1.165, 1.54) is 5.01 Å². The lowest BCUT2D eigenvalue weighted by Gasteiger charge is -2.16. The van der Waals surface area contributed by atoms with Gasteiger partial charge in [0.15, 0.2) is 0 Å². The lowest BCUT2D eigenvalue weighted by Crippen LogP contribution is -2.30. The molecule has 2 amide bonds. The van der Waals surface area contributed by atoms with Crippen LogP contribution in [0.2, 0.25) is 5.02 Å². The molecule has 1 N–H and O–H groups in total. The van der Waals surface area contributed by atoms with E-state index in [4.69, 9.17) is 16.7 Å². The number of benzene rings is 4. The molecule has 0 saturated heterocycles. The molecular formula is C29H24ClN3O. The molecule has 0 saturated carbocycles. The van der Waals surface area contributed by atoms with Gasteiger partial charge in [0.2, 0.25) is 0 Å². The predicted octanol–water partition coefficient (Wildman–Crippen LogP) is 7.35. The van der Waals surface area contributed by atoms with Crippen LogP contribution >= 0.6 is 11.6 Å². The fourth-order valence-electron chi connectivity index (χ4n) is 4.33. The molecule has 0 fully saturated rings. The van der Waals surface area contributed by atoms with Crippen molar-refractivity contribution < 1.29 is 4.79 Å². The summed E-state index contributed by atoms with van der Waals surface area (Å²) in [6.45, 7) is 2.52. The first-order chi connectivity index (χ1) is 16.6. The van der Waals surface area contributed by atoms with Crippen molar-refractivity contribution in [3.05, 3.63) is 125 Å². The molecule has 1 atom stereocenters. The number of anilines is 1. The van der Waals surface area contributed by atoms with Crippen LogP contribution in [0.4, 0.5) is 10.5 Å². The molecule has 0 bridgehead atoms. The maximum absolute atomic E-state index is 13.2. The summed E-state index contributed by atoms with van der Waals surface area (Å²) in [4.78, 5) is 13.2. The van der Waals surface area contributed by atoms with E-state index < -0.39 is 0 Å². The molecule has 5 heteroatoms. The van der Waals surface area contributed by atoms with E-state index in [0.717, 1.165) is 39.2 Å². The summed E-state index contributed by atoms with van der Waals surface area (Å²) in [6.07, 6.45) is 0. The molecule has 5 rings (SSSR count). The molecule has 4 nitrogen and oxygen atoms in total. The van der Waals surface area contributed by atoms with Gasteiger partial charge in [-0.05, 0) is 59.0 Å². The summed E-state index contributed by atoms with van der Waals surface area (Å²) >= 11 is 6.09. The second kappa shape index (κ2) is 9.54. The summed E-state index contributed by atoms with van der Waals surface area (Å²) in [5.74, 6) is -0.0182. The number of hydrazone groups is 1. The zero-order valence-corrected chi connectivity index (χ0v) is 19.5. The molecule has 1 heterocycles. The van der Waals surface area contributed by atoms with Crippen molar-refractivity contribution in [3.8, 4) is 11.1 Å². The van der Waals surface area contributed by atoms with Gasteiger partial charge in [-0.25, -0.2) is 9.80 Å². The molecule has 1 unspecified atom stereocenters. The van der Waals surface area contributed by atoms with Crippen molar-refractivity contribution in [1.29, 1.82) is 0 Å². The predicted molar refractivity (Wildman–Crippen MR) is 140 cm³/mol. The number of rotatable bonds is 4. The summed E-state index contributed by atoms with van der Waals surface area (Å²) in [5.41, 5.74) is 7.07. The van der Waals surface area contributed by atoms with Crippen molar-refractivity contribution in [2.45, 2.75) is 12.8 Å². The number of urea groups is 1. The zero-order valence-electron chi connectivity index (χ0n) is 18.8. The highest BCUT2D eigenvalue weighted by Crippen LogP contribution is 2.30. The van der Waals surface area contributed by atoms with Gasteiger partial charge in [0, 0.05) is 16.6 Å². The molecule has 0 aliphatic carbocycles. The summed E-state index contributed by atoms with van der Waals surface area (Å²) in [7, 11) is 0. The molecule has 1 aliphatic heterocycles. The fourth-order valence-corrected chi connectivity index (χ4v) is 4.45. The SMILES string of the molecule is Cc1cc(NC(=O)N2CC(c3ccccc3)C(c3ccc(Cl)cc3)=N2)ccc1-c1ccccc1. The minimum atomic E-state index is -0.253. The van der Waals surface area contributed by atoms with Crippen molar-refractivity contribution in [2.24, 2.45) is 5.10 Å². The Labute approximate surface area is 204 Å². The van der Waals surface area contributed by atoms with E-state index in [1.54, 1.807) is 0 Å². The first-order valence-electron chi connectivity index (χ1n) is 11.2. The number of hydrogen-bond donors (Lipinski definition) is 1. The van der Waals surface area contributed by atoms with E-state index in [1.807, 2.05) is 78.9 Å². The van der Waals surface area contributed by atoms with Gasteiger partial charge >= 0.3 is 6.03 Å². The van der Waals surface area contributed by atoms with Crippen LogP contribution in [0.5, 0.6) is 0 Å². The largest absolute Gasteiger partial charge is 0.342 e. The van der Waals surface area contributed by atoms with Crippen molar-refractivity contribution in [2.75, 3.05) is 11.9 Å². The highest BCUT2D eigenvalue weighted by atomic mass is 35.5. The molecule has 0 radical (unpaired) electrons. The zero-order chi connectivity index (χ0) is 23.5. The summed E-state index contributed by atoms with van der Waals surface area (Å²) < 4.78 is 0. The average Bonchev–Trinajstić information content (AvgIpc) is 3.31. The highest BCUT2D eigenvalue weighted by molar-refractivity contribution is 6.30. The number of amides is 2. The smallest absolute Gasteiger partial charge is 0.306 e. The second-order valence-electron chi connectivity index (χ2n) is 8.36. The first-order valence-corrected chi connectivity index (χ1v) is 11.6. The maximum Gasteiger partial charge on any atom is 0.342 e. The second-order valence-corrected chi connectivity index (χ2v) is 8.80. The van der Waals surface area contributed by atoms with Crippen LogP contribution in [0.15, 0.2) is 108 Å². The number of carbonyl (C=O) groups excluding carboxylic acids is 1. The summed E-state index contributed by atoms with van der Waals surface area (Å²) in [6, 6.07) is 33.7. The van der Waals surface area contributed by atoms with Crippen LogP contribution in [-0.2, 0) is 0 Å². The standard InChI is InChI=1S/C29H24ClN3O/c1-20-18-25(16-17-26(20)21-8-4-2-5-9-21)31-29(34)33-19-27(22-10-6-3-7-11-22)28(32-33)23-12-14-24(30)15-13-23/h2-18,27H,19H2,1H3,(H,31,34). The lowest BCUT2D eigenvalue weighted by molar-refractivity contribution is 0.218. The van der Waals surface area contributed by atoms with Gasteiger partial charge in [0.25, 0.3) is 0 Å². The van der Waals surface area contributed by atoms with E-state index in [9.17, 15) is 4.79 Å².